The Bertz CT molecular complexity index is 1030. The lowest BCUT2D eigenvalue weighted by Crippen LogP contribution is -2.37. The summed E-state index contributed by atoms with van der Waals surface area (Å²) in [5.41, 5.74) is -1.98. The van der Waals surface area contributed by atoms with Crippen LogP contribution in [0.4, 0.5) is 13.2 Å². The fraction of sp³-hybridized carbons (Fsp3) is 0.412. The van der Waals surface area contributed by atoms with Crippen molar-refractivity contribution in [3.05, 3.63) is 44.9 Å². The number of aliphatic hydroxyl groups excluding tert-OH is 1. The molecule has 1 aliphatic heterocycles. The van der Waals surface area contributed by atoms with Gasteiger partial charge in [-0.1, -0.05) is 11.8 Å². The van der Waals surface area contributed by atoms with Crippen LogP contribution in [0.15, 0.2) is 28.1 Å². The molecule has 0 spiro atoms. The Balaban J connectivity index is 2.18. The molecule has 13 heteroatoms. The highest BCUT2D eigenvalue weighted by Crippen LogP contribution is 2.29. The molecule has 1 aromatic heterocycles. The fourth-order valence-corrected chi connectivity index (χ4v) is 2.50. The third-order valence-electron chi connectivity index (χ3n) is 3.85. The van der Waals surface area contributed by atoms with E-state index in [0.29, 0.717) is 0 Å². The van der Waals surface area contributed by atoms with E-state index in [1.807, 2.05) is 4.98 Å². The average molecular weight is 428 g/mol. The van der Waals surface area contributed by atoms with Gasteiger partial charge in [-0.05, 0) is 0 Å². The lowest BCUT2D eigenvalue weighted by atomic mass is 10.2. The van der Waals surface area contributed by atoms with Crippen molar-refractivity contribution in [1.82, 2.24) is 14.9 Å². The number of nitriles is 1. The van der Waals surface area contributed by atoms with Gasteiger partial charge in [0.05, 0.1) is 31.6 Å². The van der Waals surface area contributed by atoms with Crippen LogP contribution in [0.3, 0.4) is 0 Å². The van der Waals surface area contributed by atoms with Gasteiger partial charge in [0.2, 0.25) is 0 Å². The van der Waals surface area contributed by atoms with Crippen molar-refractivity contribution in [3.63, 3.8) is 0 Å². The molecule has 1 fully saturated rings. The zero-order valence-electron chi connectivity index (χ0n) is 15.1. The highest BCUT2D eigenvalue weighted by atomic mass is 19.4. The van der Waals surface area contributed by atoms with Crippen LogP contribution in [0.1, 0.15) is 18.2 Å². The van der Waals surface area contributed by atoms with E-state index in [9.17, 15) is 32.7 Å². The summed E-state index contributed by atoms with van der Waals surface area (Å²) in [6.07, 6.45) is -4.19. The minimum Gasteiger partial charge on any atom is -0.494 e. The summed E-state index contributed by atoms with van der Waals surface area (Å²) in [5, 5.41) is 19.4. The minimum absolute atomic E-state index is 0.0848. The minimum atomic E-state index is -5.06. The molecule has 10 nitrogen and oxygen atoms in total. The predicted molar refractivity (Wildman–Crippen MR) is 92.5 cm³/mol. The zero-order valence-corrected chi connectivity index (χ0v) is 15.1. The van der Waals surface area contributed by atoms with Gasteiger partial charge in [-0.25, -0.2) is 4.79 Å². The van der Waals surface area contributed by atoms with Crippen molar-refractivity contribution in [3.8, 4) is 17.9 Å². The number of H-pyrrole nitrogens is 1. The first-order valence-corrected chi connectivity index (χ1v) is 8.33. The van der Waals surface area contributed by atoms with Crippen molar-refractivity contribution >= 4 is 5.91 Å². The molecule has 1 aromatic rings. The second kappa shape index (κ2) is 9.78. The lowest BCUT2D eigenvalue weighted by molar-refractivity contribution is -0.173. The number of amides is 1. The van der Waals surface area contributed by atoms with Crippen molar-refractivity contribution in [2.24, 2.45) is 0 Å². The Labute approximate surface area is 166 Å². The summed E-state index contributed by atoms with van der Waals surface area (Å²) in [4.78, 5) is 36.7. The average Bonchev–Trinajstić information content (AvgIpc) is 3.08. The molecule has 160 valence electrons. The predicted octanol–water partition coefficient (Wildman–Crippen LogP) is -0.731. The van der Waals surface area contributed by atoms with E-state index in [-0.39, 0.29) is 12.0 Å². The number of nitrogens with zero attached hydrogens (tertiary/aromatic N) is 2. The van der Waals surface area contributed by atoms with E-state index in [2.05, 4.69) is 11.8 Å². The maximum atomic E-state index is 12.1. The van der Waals surface area contributed by atoms with Gasteiger partial charge in [0, 0.05) is 12.6 Å². The van der Waals surface area contributed by atoms with Gasteiger partial charge in [0.25, 0.3) is 5.56 Å². The number of aromatic nitrogens is 2. The van der Waals surface area contributed by atoms with Gasteiger partial charge >= 0.3 is 17.8 Å². The summed E-state index contributed by atoms with van der Waals surface area (Å²) in [6, 6.07) is 1.72. The number of alkyl halides is 3. The number of halogens is 3. The molecule has 0 aliphatic carbocycles. The third-order valence-corrected chi connectivity index (χ3v) is 3.85. The zero-order chi connectivity index (χ0) is 22.3. The quantitative estimate of drug-likeness (QED) is 0.318. The van der Waals surface area contributed by atoms with E-state index >= 15 is 0 Å². The fourth-order valence-electron chi connectivity index (χ4n) is 2.50. The Morgan fingerprint density at radius 1 is 1.50 bits per heavy atom. The molecule has 2 heterocycles. The number of carbonyl (C=O) groups excluding carboxylic acids is 1. The Hall–Kier alpha value is -3.55. The van der Waals surface area contributed by atoms with Crippen molar-refractivity contribution < 1.29 is 32.5 Å². The van der Waals surface area contributed by atoms with Crippen molar-refractivity contribution in [2.45, 2.75) is 31.0 Å². The van der Waals surface area contributed by atoms with Crippen LogP contribution < -0.4 is 16.6 Å². The lowest BCUT2D eigenvalue weighted by Gasteiger charge is -2.15. The Kier molecular flexibility index (Phi) is 7.41. The first kappa shape index (κ1) is 22.7. The molecule has 0 aromatic carbocycles. The number of carbonyl (C=O) groups is 1. The molecule has 0 unspecified atom stereocenters. The summed E-state index contributed by atoms with van der Waals surface area (Å²) in [5.74, 6) is 2.27. The van der Waals surface area contributed by atoms with Crippen LogP contribution >= 0.6 is 0 Å². The van der Waals surface area contributed by atoms with Crippen molar-refractivity contribution in [2.75, 3.05) is 13.2 Å². The second-order valence-electron chi connectivity index (χ2n) is 5.85. The maximum Gasteiger partial charge on any atom is 0.471 e. The molecule has 1 saturated heterocycles. The summed E-state index contributed by atoms with van der Waals surface area (Å²) in [6.45, 7) is -1.12. The summed E-state index contributed by atoms with van der Waals surface area (Å²) < 4.78 is 48.1. The number of aliphatic hydroxyl groups is 1. The van der Waals surface area contributed by atoms with Crippen molar-refractivity contribution in [1.29, 1.82) is 5.26 Å². The highest BCUT2D eigenvalue weighted by molar-refractivity contribution is 5.81. The molecule has 0 saturated carbocycles. The van der Waals surface area contributed by atoms with Gasteiger partial charge in [-0.3, -0.25) is 19.1 Å². The molecule has 0 bridgehead atoms. The van der Waals surface area contributed by atoms with Gasteiger partial charge < -0.3 is 19.9 Å². The maximum absolute atomic E-state index is 12.1. The number of hydrogen-bond acceptors (Lipinski definition) is 7. The number of allylic oxidation sites excluding steroid dienone is 1. The Morgan fingerprint density at radius 3 is 2.87 bits per heavy atom. The van der Waals surface area contributed by atoms with E-state index in [4.69, 9.17) is 14.7 Å². The van der Waals surface area contributed by atoms with Crippen LogP contribution in [0.5, 0.6) is 0 Å². The molecule has 30 heavy (non-hydrogen) atoms. The van der Waals surface area contributed by atoms with Gasteiger partial charge in [-0.2, -0.15) is 18.4 Å². The van der Waals surface area contributed by atoms with Gasteiger partial charge in [0.15, 0.2) is 0 Å². The van der Waals surface area contributed by atoms with Crippen LogP contribution in [-0.4, -0.2) is 52.1 Å². The first-order chi connectivity index (χ1) is 14.2. The molecular weight excluding hydrogens is 413 g/mol. The van der Waals surface area contributed by atoms with E-state index in [1.54, 1.807) is 6.07 Å². The molecule has 1 aliphatic rings. The van der Waals surface area contributed by atoms with Crippen LogP contribution in [0, 0.1) is 23.2 Å². The molecule has 2 rings (SSSR count). The SMILES string of the molecule is N#C/C=C/O[C@H]1C[C@H](n2cc(C#CCNC(=O)C(F)(F)F)c(=O)[nH]c2=O)O[C@@H]1CO. The number of hydrogen-bond donors (Lipinski definition) is 3. The number of ether oxygens (including phenoxy) is 2. The second-order valence-corrected chi connectivity index (χ2v) is 5.85. The number of rotatable bonds is 5. The number of aromatic amines is 1. The topological polar surface area (TPSA) is 146 Å². The smallest absolute Gasteiger partial charge is 0.471 e. The van der Waals surface area contributed by atoms with Crippen LogP contribution in [0.2, 0.25) is 0 Å². The first-order valence-electron chi connectivity index (χ1n) is 8.33. The molecule has 0 radical (unpaired) electrons. The summed E-state index contributed by atoms with van der Waals surface area (Å²) >= 11 is 0. The normalized spacial score (nSPS) is 21.0. The van der Waals surface area contributed by atoms with E-state index < -0.39 is 54.9 Å². The van der Waals surface area contributed by atoms with Gasteiger partial charge in [-0.15, -0.1) is 0 Å². The third kappa shape index (κ3) is 5.73. The van der Waals surface area contributed by atoms with E-state index in [0.717, 1.165) is 23.1 Å². The van der Waals surface area contributed by atoms with Crippen LogP contribution in [0.25, 0.3) is 0 Å². The molecule has 1 amide bonds. The van der Waals surface area contributed by atoms with Gasteiger partial charge in [0.1, 0.15) is 24.0 Å². The number of nitrogens with one attached hydrogen (secondary N) is 2. The van der Waals surface area contributed by atoms with E-state index in [1.165, 1.54) is 5.32 Å². The molecule has 3 atom stereocenters. The standard InChI is InChI=1S/C17H15F3N4O6/c18-17(19,20)15(27)22-5-1-3-10-8-24(16(28)23-14(10)26)13-7-11(12(9-25)30-13)29-6-2-4-21/h2,6,8,11-13,25H,5,7,9H2,(H,22,27)(H,23,26,28)/b6-2+/t11-,12+,13+/m0/s1. The Morgan fingerprint density at radius 2 is 2.23 bits per heavy atom. The summed E-state index contributed by atoms with van der Waals surface area (Å²) in [7, 11) is 0. The monoisotopic (exact) mass is 428 g/mol. The van der Waals surface area contributed by atoms with Crippen LogP contribution in [-0.2, 0) is 14.3 Å². The highest BCUT2D eigenvalue weighted by Gasteiger charge is 2.38. The molecular formula is C17H15F3N4O6. The largest absolute Gasteiger partial charge is 0.494 e. The molecule has 3 N–H and O–H groups in total.